The summed E-state index contributed by atoms with van der Waals surface area (Å²) in [4.78, 5) is 11.7. The highest BCUT2D eigenvalue weighted by Crippen LogP contribution is 2.11. The predicted molar refractivity (Wildman–Crippen MR) is 86.8 cm³/mol. The Kier molecular flexibility index (Phi) is 6.13. The summed E-state index contributed by atoms with van der Waals surface area (Å²) in [6.45, 7) is 4.94. The van der Waals surface area contributed by atoms with Gasteiger partial charge in [0.2, 0.25) is 5.91 Å². The molecular formula is C17H24N4O. The lowest BCUT2D eigenvalue weighted by Gasteiger charge is -2.08. The number of hydrogen-bond donors (Lipinski definition) is 1. The smallest absolute Gasteiger partial charge is 0.220 e. The molecule has 1 aromatic heterocycles. The molecule has 22 heavy (non-hydrogen) atoms. The van der Waals surface area contributed by atoms with Crippen molar-refractivity contribution in [2.75, 3.05) is 6.54 Å². The van der Waals surface area contributed by atoms with Crippen molar-refractivity contribution in [1.29, 1.82) is 0 Å². The SMILES string of the molecule is CC(C)CNC(=O)CCCCc1nncn1-c1ccccc1. The lowest BCUT2D eigenvalue weighted by molar-refractivity contribution is -0.121. The number of nitrogens with zero attached hydrogens (tertiary/aromatic N) is 3. The topological polar surface area (TPSA) is 59.8 Å². The Balaban J connectivity index is 1.77. The van der Waals surface area contributed by atoms with Gasteiger partial charge < -0.3 is 5.32 Å². The molecule has 1 N–H and O–H groups in total. The molecule has 0 saturated heterocycles. The summed E-state index contributed by atoms with van der Waals surface area (Å²) in [5.74, 6) is 1.57. The van der Waals surface area contributed by atoms with Crippen LogP contribution in [-0.4, -0.2) is 27.2 Å². The van der Waals surface area contributed by atoms with E-state index in [9.17, 15) is 4.79 Å². The molecule has 0 spiro atoms. The minimum atomic E-state index is 0.137. The normalized spacial score (nSPS) is 10.9. The van der Waals surface area contributed by atoms with Gasteiger partial charge in [-0.05, 0) is 30.9 Å². The van der Waals surface area contributed by atoms with Crippen molar-refractivity contribution in [3.63, 3.8) is 0 Å². The molecule has 0 bridgehead atoms. The van der Waals surface area contributed by atoms with Crippen molar-refractivity contribution < 1.29 is 4.79 Å². The van der Waals surface area contributed by atoms with E-state index in [1.165, 1.54) is 0 Å². The Morgan fingerprint density at radius 1 is 1.23 bits per heavy atom. The van der Waals surface area contributed by atoms with Crippen LogP contribution >= 0.6 is 0 Å². The van der Waals surface area contributed by atoms with Gasteiger partial charge in [0.05, 0.1) is 0 Å². The molecule has 2 aromatic rings. The first-order valence-corrected chi connectivity index (χ1v) is 7.88. The third-order valence-electron chi connectivity index (χ3n) is 3.41. The van der Waals surface area contributed by atoms with Crippen LogP contribution in [0.1, 0.15) is 38.9 Å². The second kappa shape index (κ2) is 8.32. The van der Waals surface area contributed by atoms with E-state index in [-0.39, 0.29) is 5.91 Å². The van der Waals surface area contributed by atoms with Crippen molar-refractivity contribution in [2.24, 2.45) is 5.92 Å². The molecule has 2 rings (SSSR count). The van der Waals surface area contributed by atoms with Gasteiger partial charge in [0.25, 0.3) is 0 Å². The predicted octanol–water partition coefficient (Wildman–Crippen LogP) is 2.75. The first-order valence-electron chi connectivity index (χ1n) is 7.88. The standard InChI is InChI=1S/C17H24N4O/c1-14(2)12-18-17(22)11-7-6-10-16-20-19-13-21(16)15-8-4-3-5-9-15/h3-5,8-9,13-14H,6-7,10-12H2,1-2H3,(H,18,22). The van der Waals surface area contributed by atoms with Gasteiger partial charge in [0.15, 0.2) is 0 Å². The average molecular weight is 300 g/mol. The molecule has 0 radical (unpaired) electrons. The minimum Gasteiger partial charge on any atom is -0.356 e. The third kappa shape index (κ3) is 4.98. The summed E-state index contributed by atoms with van der Waals surface area (Å²) in [5, 5.41) is 11.1. The van der Waals surface area contributed by atoms with Crippen molar-refractivity contribution in [3.05, 3.63) is 42.5 Å². The zero-order valence-corrected chi connectivity index (χ0v) is 13.3. The summed E-state index contributed by atoms with van der Waals surface area (Å²) >= 11 is 0. The Morgan fingerprint density at radius 2 is 2.00 bits per heavy atom. The van der Waals surface area contributed by atoms with Gasteiger partial charge >= 0.3 is 0 Å². The minimum absolute atomic E-state index is 0.137. The van der Waals surface area contributed by atoms with Crippen LogP contribution in [-0.2, 0) is 11.2 Å². The van der Waals surface area contributed by atoms with Crippen LogP contribution < -0.4 is 5.32 Å². The molecule has 5 heteroatoms. The number of aromatic nitrogens is 3. The van der Waals surface area contributed by atoms with E-state index in [1.54, 1.807) is 6.33 Å². The van der Waals surface area contributed by atoms with Crippen LogP contribution in [0.2, 0.25) is 0 Å². The number of amides is 1. The first kappa shape index (κ1) is 16.2. The fourth-order valence-corrected chi connectivity index (χ4v) is 2.21. The second-order valence-corrected chi connectivity index (χ2v) is 5.86. The maximum atomic E-state index is 11.7. The lowest BCUT2D eigenvalue weighted by atomic mass is 10.1. The van der Waals surface area contributed by atoms with Crippen LogP contribution in [0.5, 0.6) is 0 Å². The fourth-order valence-electron chi connectivity index (χ4n) is 2.21. The maximum Gasteiger partial charge on any atom is 0.220 e. The number of hydrogen-bond acceptors (Lipinski definition) is 3. The highest BCUT2D eigenvalue weighted by molar-refractivity contribution is 5.75. The summed E-state index contributed by atoms with van der Waals surface area (Å²) in [6, 6.07) is 10.1. The van der Waals surface area contributed by atoms with Crippen LogP contribution in [0.25, 0.3) is 5.69 Å². The van der Waals surface area contributed by atoms with E-state index in [2.05, 4.69) is 29.4 Å². The summed E-state index contributed by atoms with van der Waals surface area (Å²) < 4.78 is 2.00. The molecule has 1 amide bonds. The molecule has 1 aromatic carbocycles. The van der Waals surface area contributed by atoms with Crippen molar-refractivity contribution >= 4 is 5.91 Å². The van der Waals surface area contributed by atoms with Gasteiger partial charge in [-0.25, -0.2) is 0 Å². The Labute approximate surface area is 131 Å². The number of unbranched alkanes of at least 4 members (excludes halogenated alkanes) is 1. The number of para-hydroxylation sites is 1. The maximum absolute atomic E-state index is 11.7. The summed E-state index contributed by atoms with van der Waals surface area (Å²) in [5.41, 5.74) is 1.07. The zero-order valence-electron chi connectivity index (χ0n) is 13.3. The van der Waals surface area contributed by atoms with E-state index < -0.39 is 0 Å². The molecule has 118 valence electrons. The number of benzene rings is 1. The molecule has 5 nitrogen and oxygen atoms in total. The monoisotopic (exact) mass is 300 g/mol. The van der Waals surface area contributed by atoms with Crippen LogP contribution in [0.3, 0.4) is 0 Å². The Morgan fingerprint density at radius 3 is 2.73 bits per heavy atom. The molecule has 0 aliphatic rings. The van der Waals surface area contributed by atoms with Crippen molar-refractivity contribution in [2.45, 2.75) is 39.5 Å². The lowest BCUT2D eigenvalue weighted by Crippen LogP contribution is -2.26. The number of aryl methyl sites for hydroxylation is 1. The van der Waals surface area contributed by atoms with E-state index >= 15 is 0 Å². The van der Waals surface area contributed by atoms with E-state index in [0.29, 0.717) is 12.3 Å². The molecule has 0 unspecified atom stereocenters. The van der Waals surface area contributed by atoms with E-state index in [0.717, 1.165) is 37.3 Å². The van der Waals surface area contributed by atoms with Gasteiger partial charge in [-0.2, -0.15) is 0 Å². The third-order valence-corrected chi connectivity index (χ3v) is 3.41. The highest BCUT2D eigenvalue weighted by Gasteiger charge is 2.07. The van der Waals surface area contributed by atoms with Gasteiger partial charge in [-0.3, -0.25) is 9.36 Å². The Hall–Kier alpha value is -2.17. The number of carbonyl (C=O) groups excluding carboxylic acids is 1. The van der Waals surface area contributed by atoms with E-state index in [1.807, 2.05) is 34.9 Å². The summed E-state index contributed by atoms with van der Waals surface area (Å²) in [6.07, 6.45) is 4.94. The van der Waals surface area contributed by atoms with Gasteiger partial charge in [0.1, 0.15) is 12.2 Å². The van der Waals surface area contributed by atoms with Gasteiger partial charge in [0, 0.05) is 25.1 Å². The second-order valence-electron chi connectivity index (χ2n) is 5.86. The van der Waals surface area contributed by atoms with Crippen LogP contribution in [0.15, 0.2) is 36.7 Å². The molecule has 0 saturated carbocycles. The van der Waals surface area contributed by atoms with Crippen LogP contribution in [0.4, 0.5) is 0 Å². The van der Waals surface area contributed by atoms with Crippen LogP contribution in [0, 0.1) is 5.92 Å². The largest absolute Gasteiger partial charge is 0.356 e. The molecule has 0 atom stereocenters. The quantitative estimate of drug-likeness (QED) is 0.763. The van der Waals surface area contributed by atoms with E-state index in [4.69, 9.17) is 0 Å². The molecular weight excluding hydrogens is 276 g/mol. The Bertz CT molecular complexity index is 577. The van der Waals surface area contributed by atoms with Gasteiger partial charge in [-0.1, -0.05) is 32.0 Å². The molecule has 0 fully saturated rings. The first-order chi connectivity index (χ1) is 10.7. The average Bonchev–Trinajstić information content (AvgIpc) is 2.99. The zero-order chi connectivity index (χ0) is 15.8. The molecule has 0 aliphatic heterocycles. The number of rotatable bonds is 8. The number of nitrogens with one attached hydrogen (secondary N) is 1. The van der Waals surface area contributed by atoms with Gasteiger partial charge in [-0.15, -0.1) is 10.2 Å². The van der Waals surface area contributed by atoms with Crippen molar-refractivity contribution in [1.82, 2.24) is 20.1 Å². The molecule has 0 aliphatic carbocycles. The van der Waals surface area contributed by atoms with Crippen molar-refractivity contribution in [3.8, 4) is 5.69 Å². The highest BCUT2D eigenvalue weighted by atomic mass is 16.1. The fraction of sp³-hybridized carbons (Fsp3) is 0.471. The molecule has 1 heterocycles. The number of carbonyl (C=O) groups is 1. The summed E-state index contributed by atoms with van der Waals surface area (Å²) in [7, 11) is 0.